The van der Waals surface area contributed by atoms with E-state index in [2.05, 4.69) is 24.1 Å². The van der Waals surface area contributed by atoms with E-state index in [0.717, 1.165) is 23.8 Å². The zero-order chi connectivity index (χ0) is 37.2. The van der Waals surface area contributed by atoms with Crippen LogP contribution >= 0.6 is 10.0 Å². The molecule has 10 nitrogen and oxygen atoms in total. The molecule has 0 spiro atoms. The van der Waals surface area contributed by atoms with Crippen molar-refractivity contribution in [3.63, 3.8) is 0 Å². The maximum absolute atomic E-state index is 15.1. The number of ether oxygens (including phenoxy) is 3. The number of carbonyl (C=O) groups is 4. The van der Waals surface area contributed by atoms with Crippen molar-refractivity contribution in [3.8, 4) is 11.1 Å². The van der Waals surface area contributed by atoms with E-state index in [0.29, 0.717) is 23.6 Å². The van der Waals surface area contributed by atoms with Crippen LogP contribution in [0, 0.1) is 17.0 Å². The van der Waals surface area contributed by atoms with Gasteiger partial charge in [-0.15, -0.1) is 0 Å². The van der Waals surface area contributed by atoms with Gasteiger partial charge in [-0.25, -0.2) is 28.4 Å². The van der Waals surface area contributed by atoms with Gasteiger partial charge in [-0.1, -0.05) is 51.1 Å². The Hall–Kier alpha value is -4.39. The lowest BCUT2D eigenvalue weighted by atomic mass is 9.82. The van der Waals surface area contributed by atoms with Crippen LogP contribution in [-0.4, -0.2) is 90.8 Å². The highest BCUT2D eigenvalue weighted by Crippen LogP contribution is 2.41. The highest BCUT2D eigenvalue weighted by Gasteiger charge is 2.38. The Labute approximate surface area is 294 Å². The number of alkyl carbamates (subject to hydrolysis) is 1. The molecule has 0 radical (unpaired) electrons. The minimum Gasteiger partial charge on any atom is -0.467 e. The monoisotopic (exact) mass is 717 g/mol. The van der Waals surface area contributed by atoms with E-state index in [1.165, 1.54) is 18.9 Å². The number of nitrogens with one attached hydrogen (secondary N) is 1. The summed E-state index contributed by atoms with van der Waals surface area (Å²) in [6.45, 7) is 6.76. The maximum atomic E-state index is 15.1. The predicted octanol–water partition coefficient (Wildman–Crippen LogP) is 6.31. The van der Waals surface area contributed by atoms with Gasteiger partial charge in [0.2, 0.25) is 0 Å². The Balaban J connectivity index is 2.09. The number of hydrogen-bond acceptors (Lipinski definition) is 7. The lowest BCUT2D eigenvalue weighted by molar-refractivity contribution is -0.153. The van der Waals surface area contributed by atoms with Crippen molar-refractivity contribution in [2.75, 3.05) is 51.4 Å². The largest absolute Gasteiger partial charge is 0.467 e. The summed E-state index contributed by atoms with van der Waals surface area (Å²) in [5, 5.41) is 2.56. The smallest absolute Gasteiger partial charge is 0.407 e. The van der Waals surface area contributed by atoms with Crippen LogP contribution in [0.4, 0.5) is 13.6 Å². The number of rotatable bonds is 15. The van der Waals surface area contributed by atoms with Gasteiger partial charge in [0.15, 0.2) is 6.61 Å². The van der Waals surface area contributed by atoms with Crippen molar-refractivity contribution in [2.45, 2.75) is 52.7 Å². The van der Waals surface area contributed by atoms with Crippen molar-refractivity contribution in [1.29, 1.82) is 0 Å². The quantitative estimate of drug-likeness (QED) is 0.145. The fraction of sp³-hybridized carbons (Fsp3) is 0.459. The Morgan fingerprint density at radius 3 is 2.26 bits per heavy atom. The summed E-state index contributed by atoms with van der Waals surface area (Å²) in [7, 11) is 0.267. The molecule has 0 unspecified atom stereocenters. The Bertz CT molecular complexity index is 1630. The van der Waals surface area contributed by atoms with E-state index in [1.54, 1.807) is 12.3 Å². The van der Waals surface area contributed by atoms with Crippen LogP contribution in [0.1, 0.15) is 51.4 Å². The molecular weight excluding hydrogens is 668 g/mol. The lowest BCUT2D eigenvalue weighted by Gasteiger charge is -2.41. The molecule has 0 bridgehead atoms. The van der Waals surface area contributed by atoms with Crippen molar-refractivity contribution in [2.24, 2.45) is 5.41 Å². The Morgan fingerprint density at radius 2 is 1.66 bits per heavy atom. The van der Waals surface area contributed by atoms with Crippen molar-refractivity contribution in [3.05, 3.63) is 83.7 Å². The number of amides is 2. The van der Waals surface area contributed by atoms with Crippen molar-refractivity contribution < 1.29 is 42.2 Å². The normalized spacial score (nSPS) is 13.2. The van der Waals surface area contributed by atoms with Crippen LogP contribution in [-0.2, 0) is 35.1 Å². The fourth-order valence-corrected chi connectivity index (χ4v) is 6.07. The fourth-order valence-electron chi connectivity index (χ4n) is 5.48. The number of hydrogen-bond donors (Lipinski definition) is 1. The molecule has 0 aliphatic rings. The van der Waals surface area contributed by atoms with Gasteiger partial charge < -0.3 is 29.0 Å². The molecule has 50 heavy (non-hydrogen) atoms. The molecule has 2 atom stereocenters. The molecule has 0 saturated heterocycles. The first-order valence-electron chi connectivity index (χ1n) is 16.2. The second-order valence-electron chi connectivity index (χ2n) is 14.0. The highest BCUT2D eigenvalue weighted by molar-refractivity contribution is 8.32. The first kappa shape index (κ1) is 40.0. The molecule has 1 aromatic heterocycles. The number of halogens is 2. The molecule has 0 aliphatic carbocycles. The first-order chi connectivity index (χ1) is 23.4. The molecule has 2 aromatic carbocycles. The summed E-state index contributed by atoms with van der Waals surface area (Å²) in [5.41, 5.74) is 1.25. The summed E-state index contributed by atoms with van der Waals surface area (Å²) in [5.74, 6) is -2.50. The second kappa shape index (κ2) is 17.5. The molecule has 2 amide bonds. The molecular formula is C37H49F2N3O7S. The van der Waals surface area contributed by atoms with Crippen LogP contribution in [0.25, 0.3) is 11.1 Å². The molecule has 1 N–H and O–H groups in total. The Morgan fingerprint density at radius 1 is 0.980 bits per heavy atom. The van der Waals surface area contributed by atoms with Gasteiger partial charge in [-0.05, 0) is 60.4 Å². The van der Waals surface area contributed by atoms with E-state index in [-0.39, 0.29) is 25.1 Å². The molecule has 3 rings (SSSR count). The SMILES string of the molecule is COC(=O)[C@H](CCN(C(=O)COC(C)=O)[C@@H](c1cc(-c2cc(F)ccc2F)cn1Cc1ccccc1)C(C)(C)C)NC(=O)OCCS(C)(C)C. The molecule has 274 valence electrons. The van der Waals surface area contributed by atoms with Crippen LogP contribution in [0.15, 0.2) is 60.8 Å². The van der Waals surface area contributed by atoms with Gasteiger partial charge >= 0.3 is 18.0 Å². The molecule has 3 aromatic rings. The highest BCUT2D eigenvalue weighted by atomic mass is 32.3. The summed E-state index contributed by atoms with van der Waals surface area (Å²) in [6, 6.07) is 12.5. The lowest BCUT2D eigenvalue weighted by Crippen LogP contribution is -2.48. The maximum Gasteiger partial charge on any atom is 0.407 e. The van der Waals surface area contributed by atoms with Crippen LogP contribution < -0.4 is 5.32 Å². The first-order valence-corrected chi connectivity index (χ1v) is 19.2. The molecule has 1 heterocycles. The summed E-state index contributed by atoms with van der Waals surface area (Å²) in [4.78, 5) is 52.8. The minimum absolute atomic E-state index is 0.0463. The third kappa shape index (κ3) is 11.9. The number of benzene rings is 2. The average Bonchev–Trinajstić information content (AvgIpc) is 3.43. The molecule has 0 fully saturated rings. The minimum atomic E-state index is -1.17. The second-order valence-corrected chi connectivity index (χ2v) is 18.6. The van der Waals surface area contributed by atoms with Crippen LogP contribution in [0.2, 0.25) is 0 Å². The van der Waals surface area contributed by atoms with Crippen molar-refractivity contribution in [1.82, 2.24) is 14.8 Å². The summed E-state index contributed by atoms with van der Waals surface area (Å²) < 4.78 is 46.8. The molecule has 0 aliphatic heterocycles. The zero-order valence-corrected chi connectivity index (χ0v) is 30.9. The summed E-state index contributed by atoms with van der Waals surface area (Å²) >= 11 is 0. The van der Waals surface area contributed by atoms with Crippen LogP contribution in [0.3, 0.4) is 0 Å². The predicted molar refractivity (Wildman–Crippen MR) is 191 cm³/mol. The van der Waals surface area contributed by atoms with Gasteiger partial charge in [-0.2, -0.15) is 0 Å². The molecule has 0 saturated carbocycles. The average molecular weight is 718 g/mol. The zero-order valence-electron chi connectivity index (χ0n) is 30.1. The number of carbonyl (C=O) groups excluding carboxylic acids is 4. The number of nitrogens with zero attached hydrogens (tertiary/aromatic N) is 2. The van der Waals surface area contributed by atoms with E-state index < -0.39 is 69.7 Å². The number of aromatic nitrogens is 1. The van der Waals surface area contributed by atoms with Crippen LogP contribution in [0.5, 0.6) is 0 Å². The standard InChI is InChI=1S/C37H49F2N3O7S/c1-25(43)49-24-33(44)42(17-16-31(35(45)47-5)40-36(46)48-18-19-50(6,7)8)34(37(2,3)4)32-20-27(29-21-28(38)14-15-30(29)39)23-41(32)22-26-12-10-9-11-13-26/h9-15,20-21,23,31,34H,16-19,22,24H2,1-8H3,(H,40,46)/t31-,34-/m0/s1. The van der Waals surface area contributed by atoms with Gasteiger partial charge in [0.25, 0.3) is 5.91 Å². The van der Waals surface area contributed by atoms with Gasteiger partial charge in [0.1, 0.15) is 24.3 Å². The van der Waals surface area contributed by atoms with E-state index >= 15 is 4.39 Å². The van der Waals surface area contributed by atoms with Gasteiger partial charge in [0, 0.05) is 48.8 Å². The third-order valence-electron chi connectivity index (χ3n) is 7.86. The van der Waals surface area contributed by atoms with Gasteiger partial charge in [0.05, 0.1) is 13.2 Å². The third-order valence-corrected chi connectivity index (χ3v) is 9.25. The summed E-state index contributed by atoms with van der Waals surface area (Å²) in [6.07, 6.45) is 7.11. The number of methoxy groups -OCH3 is 1. The van der Waals surface area contributed by atoms with E-state index in [1.807, 2.05) is 55.7 Å². The topological polar surface area (TPSA) is 116 Å². The Kier molecular flexibility index (Phi) is 14.0. The van der Waals surface area contributed by atoms with E-state index in [9.17, 15) is 23.6 Å². The van der Waals surface area contributed by atoms with E-state index in [4.69, 9.17) is 14.2 Å². The van der Waals surface area contributed by atoms with Gasteiger partial charge in [-0.3, -0.25) is 9.59 Å². The van der Waals surface area contributed by atoms with Crippen molar-refractivity contribution >= 4 is 34.0 Å². The number of esters is 2. The molecule has 13 heteroatoms.